The molecule has 12 heteroatoms. The van der Waals surface area contributed by atoms with Gasteiger partial charge in [-0.05, 0) is 12.8 Å². The van der Waals surface area contributed by atoms with Crippen LogP contribution in [-0.2, 0) is 28.5 Å². The minimum absolute atomic E-state index is 0.146. The first-order valence-corrected chi connectivity index (χ1v) is 10.3. The predicted octanol–water partition coefficient (Wildman–Crippen LogP) is 2.15. The minimum atomic E-state index is -1.30. The number of nitrogens with one attached hydrogen (secondary N) is 1. The Bertz CT molecular complexity index is 901. The Morgan fingerprint density at radius 3 is 2.34 bits per heavy atom. The summed E-state index contributed by atoms with van der Waals surface area (Å²) in [6.07, 6.45) is -2.86. The van der Waals surface area contributed by atoms with Crippen molar-refractivity contribution in [3.63, 3.8) is 0 Å². The molecule has 0 spiro atoms. The molecule has 2 heterocycles. The van der Waals surface area contributed by atoms with Crippen molar-refractivity contribution in [1.29, 1.82) is 0 Å². The van der Waals surface area contributed by atoms with E-state index in [0.717, 1.165) is 30.5 Å². The lowest BCUT2D eigenvalue weighted by Gasteiger charge is -2.23. The van der Waals surface area contributed by atoms with Gasteiger partial charge in [-0.15, -0.1) is 0 Å². The molecule has 1 N–H and O–H groups in total. The quantitative estimate of drug-likeness (QED) is 0.460. The average molecular weight is 457 g/mol. The summed E-state index contributed by atoms with van der Waals surface area (Å²) in [6, 6.07) is 0. The van der Waals surface area contributed by atoms with Crippen LogP contribution in [0, 0.1) is 11.7 Å². The van der Waals surface area contributed by atoms with Gasteiger partial charge in [0.2, 0.25) is 0 Å². The van der Waals surface area contributed by atoms with E-state index in [-0.39, 0.29) is 12.5 Å². The summed E-state index contributed by atoms with van der Waals surface area (Å²) in [6.45, 7) is 7.90. The molecule has 32 heavy (non-hydrogen) atoms. The van der Waals surface area contributed by atoms with Gasteiger partial charge in [0, 0.05) is 13.8 Å². The molecule has 1 aliphatic heterocycles. The first-order valence-electron chi connectivity index (χ1n) is 10.3. The molecule has 0 saturated carbocycles. The Labute approximate surface area is 184 Å². The molecule has 2 rings (SSSR count). The molecule has 4 atom stereocenters. The highest BCUT2D eigenvalue weighted by molar-refractivity contribution is 5.83. The summed E-state index contributed by atoms with van der Waals surface area (Å²) in [7, 11) is 0. The first-order chi connectivity index (χ1) is 15.1. The number of carbonyl (C=O) groups is 3. The molecule has 0 aromatic carbocycles. The minimum Gasteiger partial charge on any atom is -0.456 e. The number of hydrogen-bond acceptors (Lipinski definition) is 9. The van der Waals surface area contributed by atoms with Gasteiger partial charge in [-0.1, -0.05) is 26.7 Å². The third-order valence-corrected chi connectivity index (χ3v) is 5.03. The smallest absolute Gasteiger partial charge is 0.412 e. The molecule has 1 saturated heterocycles. The molecule has 178 valence electrons. The molecule has 1 amide bonds. The average Bonchev–Trinajstić information content (AvgIpc) is 2.99. The van der Waals surface area contributed by atoms with E-state index in [9.17, 15) is 23.6 Å². The van der Waals surface area contributed by atoms with Crippen molar-refractivity contribution >= 4 is 23.8 Å². The van der Waals surface area contributed by atoms with Crippen molar-refractivity contribution in [2.24, 2.45) is 5.92 Å². The van der Waals surface area contributed by atoms with Gasteiger partial charge in [-0.3, -0.25) is 19.5 Å². The van der Waals surface area contributed by atoms with Crippen LogP contribution in [-0.4, -0.2) is 52.5 Å². The van der Waals surface area contributed by atoms with E-state index in [1.165, 1.54) is 6.92 Å². The van der Waals surface area contributed by atoms with Crippen molar-refractivity contribution < 1.29 is 37.7 Å². The van der Waals surface area contributed by atoms with Crippen LogP contribution in [0.2, 0.25) is 0 Å². The summed E-state index contributed by atoms with van der Waals surface area (Å²) in [5.41, 5.74) is -0.987. The SMILES string of the molecule is CCC(CC)COC(=O)Nc1nc(=O)n([C@@H]2O[C@H](C)[C@@H](OC(C)=O)[C@H]2OC(C)=O)cc1F. The highest BCUT2D eigenvalue weighted by Gasteiger charge is 2.48. The highest BCUT2D eigenvalue weighted by atomic mass is 19.1. The van der Waals surface area contributed by atoms with Crippen molar-refractivity contribution in [3.8, 4) is 0 Å². The Kier molecular flexibility index (Phi) is 8.70. The third-order valence-electron chi connectivity index (χ3n) is 5.03. The monoisotopic (exact) mass is 457 g/mol. The van der Waals surface area contributed by atoms with Crippen molar-refractivity contribution in [2.45, 2.75) is 72.0 Å². The number of esters is 2. The fourth-order valence-electron chi connectivity index (χ4n) is 3.27. The number of aromatic nitrogens is 2. The van der Waals surface area contributed by atoms with Crippen molar-refractivity contribution in [1.82, 2.24) is 9.55 Å². The molecule has 0 bridgehead atoms. The maximum absolute atomic E-state index is 14.6. The van der Waals surface area contributed by atoms with Gasteiger partial charge >= 0.3 is 23.7 Å². The highest BCUT2D eigenvalue weighted by Crippen LogP contribution is 2.33. The molecule has 0 aliphatic carbocycles. The summed E-state index contributed by atoms with van der Waals surface area (Å²) in [5.74, 6) is -2.86. The summed E-state index contributed by atoms with van der Waals surface area (Å²) in [5, 5.41) is 2.10. The van der Waals surface area contributed by atoms with Gasteiger partial charge in [0.15, 0.2) is 30.1 Å². The molecule has 1 aromatic rings. The van der Waals surface area contributed by atoms with Crippen LogP contribution >= 0.6 is 0 Å². The molecule has 0 radical (unpaired) electrons. The summed E-state index contributed by atoms with van der Waals surface area (Å²) >= 11 is 0. The first kappa shape index (κ1) is 25.2. The number of nitrogens with zero attached hydrogens (tertiary/aromatic N) is 2. The van der Waals surface area contributed by atoms with E-state index in [4.69, 9.17) is 18.9 Å². The second-order valence-electron chi connectivity index (χ2n) is 7.41. The normalized spacial score (nSPS) is 22.5. The fraction of sp³-hybridized carbons (Fsp3) is 0.650. The molecule has 11 nitrogen and oxygen atoms in total. The lowest BCUT2D eigenvalue weighted by Crippen LogP contribution is -2.40. The van der Waals surface area contributed by atoms with Crippen LogP contribution in [0.5, 0.6) is 0 Å². The van der Waals surface area contributed by atoms with E-state index in [1.54, 1.807) is 6.92 Å². The van der Waals surface area contributed by atoms with Gasteiger partial charge in [0.1, 0.15) is 0 Å². The lowest BCUT2D eigenvalue weighted by molar-refractivity contribution is -0.165. The maximum atomic E-state index is 14.6. The van der Waals surface area contributed by atoms with E-state index in [0.29, 0.717) is 0 Å². The van der Waals surface area contributed by atoms with Gasteiger partial charge in [-0.2, -0.15) is 4.98 Å². The number of rotatable bonds is 8. The van der Waals surface area contributed by atoms with E-state index in [1.807, 2.05) is 13.8 Å². The van der Waals surface area contributed by atoms with E-state index >= 15 is 0 Å². The Balaban J connectivity index is 2.24. The van der Waals surface area contributed by atoms with Crippen LogP contribution < -0.4 is 11.0 Å². The largest absolute Gasteiger partial charge is 0.456 e. The van der Waals surface area contributed by atoms with Gasteiger partial charge in [-0.25, -0.2) is 14.0 Å². The topological polar surface area (TPSA) is 135 Å². The van der Waals surface area contributed by atoms with Crippen LogP contribution in [0.3, 0.4) is 0 Å². The van der Waals surface area contributed by atoms with E-state index < -0.39 is 59.9 Å². The second kappa shape index (κ2) is 11.0. The number of amides is 1. The zero-order valence-corrected chi connectivity index (χ0v) is 18.6. The van der Waals surface area contributed by atoms with E-state index in [2.05, 4.69) is 10.3 Å². The van der Waals surface area contributed by atoms with Crippen LogP contribution in [0.15, 0.2) is 11.0 Å². The molecular formula is C20H28FN3O8. The fourth-order valence-corrected chi connectivity index (χ4v) is 3.27. The van der Waals surface area contributed by atoms with Gasteiger partial charge in [0.25, 0.3) is 0 Å². The third kappa shape index (κ3) is 6.25. The standard InChI is InChI=1S/C20H28FN3O8/c1-6-13(7-2)9-29-20(28)23-17-14(21)8-24(19(27)22-17)18-16(32-12(5)26)15(10(3)30-18)31-11(4)25/h8,10,13,15-16,18H,6-7,9H2,1-5H3,(H,22,23,27,28)/t10-,15-,16-,18-/m1/s1. The van der Waals surface area contributed by atoms with Gasteiger partial charge in [0.05, 0.1) is 18.9 Å². The summed E-state index contributed by atoms with van der Waals surface area (Å²) in [4.78, 5) is 51.0. The molecule has 1 fully saturated rings. The van der Waals surface area contributed by atoms with Crippen LogP contribution in [0.4, 0.5) is 15.0 Å². The zero-order valence-electron chi connectivity index (χ0n) is 18.6. The second-order valence-corrected chi connectivity index (χ2v) is 7.41. The Morgan fingerprint density at radius 2 is 1.78 bits per heavy atom. The zero-order chi connectivity index (χ0) is 24.0. The molecule has 1 aromatic heterocycles. The maximum Gasteiger partial charge on any atom is 0.412 e. The van der Waals surface area contributed by atoms with Crippen LogP contribution in [0.1, 0.15) is 53.7 Å². The van der Waals surface area contributed by atoms with Gasteiger partial charge < -0.3 is 18.9 Å². The number of ether oxygens (including phenoxy) is 4. The van der Waals surface area contributed by atoms with Crippen LogP contribution in [0.25, 0.3) is 0 Å². The van der Waals surface area contributed by atoms with Crippen molar-refractivity contribution in [2.75, 3.05) is 11.9 Å². The Morgan fingerprint density at radius 1 is 1.19 bits per heavy atom. The number of carbonyl (C=O) groups excluding carboxylic acids is 3. The number of anilines is 1. The Hall–Kier alpha value is -3.02. The predicted molar refractivity (Wildman–Crippen MR) is 108 cm³/mol. The van der Waals surface area contributed by atoms with Crippen molar-refractivity contribution in [3.05, 3.63) is 22.5 Å². The molecule has 1 aliphatic rings. The molecular weight excluding hydrogens is 429 g/mol. The summed E-state index contributed by atoms with van der Waals surface area (Å²) < 4.78 is 36.4. The molecule has 0 unspecified atom stereocenters. The number of halogens is 1. The lowest BCUT2D eigenvalue weighted by atomic mass is 10.1. The number of hydrogen-bond donors (Lipinski definition) is 1.